The highest BCUT2D eigenvalue weighted by atomic mass is 35.5. The lowest BCUT2D eigenvalue weighted by atomic mass is 10.1. The van der Waals surface area contributed by atoms with Crippen LogP contribution in [0.1, 0.15) is 28.0 Å². The summed E-state index contributed by atoms with van der Waals surface area (Å²) < 4.78 is 47.5. The van der Waals surface area contributed by atoms with E-state index in [0.29, 0.717) is 6.42 Å². The van der Waals surface area contributed by atoms with Crippen LogP contribution < -0.4 is 0 Å². The van der Waals surface area contributed by atoms with E-state index < -0.39 is 36.8 Å². The quantitative estimate of drug-likeness (QED) is 0.627. The molecule has 1 unspecified atom stereocenters. The highest BCUT2D eigenvalue weighted by molar-refractivity contribution is 7.91. The molecule has 8 nitrogen and oxygen atoms in total. The van der Waals surface area contributed by atoms with Crippen LogP contribution in [-0.4, -0.2) is 61.4 Å². The van der Waals surface area contributed by atoms with Gasteiger partial charge in [-0.05, 0) is 18.9 Å². The number of halogens is 1. The van der Waals surface area contributed by atoms with Crippen molar-refractivity contribution in [2.24, 2.45) is 0 Å². The number of sulfone groups is 2. The Morgan fingerprint density at radius 1 is 1.28 bits per heavy atom. The Balaban J connectivity index is 2.01. The topological polar surface area (TPSA) is 114 Å². The molecule has 1 aliphatic rings. The van der Waals surface area contributed by atoms with E-state index in [1.165, 1.54) is 4.90 Å². The number of nitrogens with zero attached hydrogens (tertiary/aromatic N) is 3. The molecule has 0 aliphatic carbocycles. The van der Waals surface area contributed by atoms with Crippen LogP contribution in [0.4, 0.5) is 0 Å². The van der Waals surface area contributed by atoms with Crippen LogP contribution in [0.25, 0.3) is 0 Å². The lowest BCUT2D eigenvalue weighted by Crippen LogP contribution is -2.41. The average molecular weight is 458 g/mol. The molecule has 29 heavy (non-hydrogen) atoms. The smallest absolute Gasteiger partial charge is 0.274 e. The van der Waals surface area contributed by atoms with Crippen LogP contribution in [0.2, 0.25) is 5.02 Å². The van der Waals surface area contributed by atoms with E-state index >= 15 is 0 Å². The summed E-state index contributed by atoms with van der Waals surface area (Å²) in [6, 6.07) is 6.93. The Morgan fingerprint density at radius 2 is 1.93 bits per heavy atom. The van der Waals surface area contributed by atoms with E-state index in [-0.39, 0.29) is 28.8 Å². The van der Waals surface area contributed by atoms with Gasteiger partial charge in [-0.2, -0.15) is 0 Å². The van der Waals surface area contributed by atoms with Gasteiger partial charge in [0.25, 0.3) is 5.91 Å². The molecule has 3 rings (SSSR count). The van der Waals surface area contributed by atoms with Gasteiger partial charge in [0.15, 0.2) is 15.5 Å². The standard InChI is InChI=1S/C18H20ClN3O5S2/c1-12-3-5-13(6-4-12)10-22(14-7-8-29(26,27)11-14)17(23)16-15(19)9-20-18(21-16)28(2,24)25/h3-6,9,14H,7-8,10-11H2,1-2H3. The molecular weight excluding hydrogens is 438 g/mol. The summed E-state index contributed by atoms with van der Waals surface area (Å²) in [5.74, 6) is -0.807. The van der Waals surface area contributed by atoms with E-state index in [1.807, 2.05) is 31.2 Å². The van der Waals surface area contributed by atoms with Crippen molar-refractivity contribution < 1.29 is 21.6 Å². The SMILES string of the molecule is Cc1ccc(CN(C(=O)c2nc(S(C)(=O)=O)ncc2Cl)C2CCS(=O)(=O)C2)cc1. The first-order chi connectivity index (χ1) is 13.5. The fraction of sp³-hybridized carbons (Fsp3) is 0.389. The first kappa shape index (κ1) is 21.7. The zero-order valence-electron chi connectivity index (χ0n) is 15.9. The molecule has 2 heterocycles. The lowest BCUT2D eigenvalue weighted by Gasteiger charge is -2.28. The molecule has 0 N–H and O–H groups in total. The molecule has 1 aromatic carbocycles. The predicted molar refractivity (Wildman–Crippen MR) is 108 cm³/mol. The van der Waals surface area contributed by atoms with Crippen molar-refractivity contribution in [1.82, 2.24) is 14.9 Å². The highest BCUT2D eigenvalue weighted by Crippen LogP contribution is 2.24. The number of rotatable bonds is 5. The number of benzene rings is 1. The fourth-order valence-corrected chi connectivity index (χ4v) is 5.50. The zero-order chi connectivity index (χ0) is 21.4. The summed E-state index contributed by atoms with van der Waals surface area (Å²) in [5.41, 5.74) is 1.59. The van der Waals surface area contributed by atoms with Gasteiger partial charge in [-0.15, -0.1) is 0 Å². The van der Waals surface area contributed by atoms with Crippen molar-refractivity contribution in [3.05, 3.63) is 52.3 Å². The predicted octanol–water partition coefficient (Wildman–Crippen LogP) is 1.67. The van der Waals surface area contributed by atoms with Crippen LogP contribution in [0, 0.1) is 6.92 Å². The van der Waals surface area contributed by atoms with Gasteiger partial charge >= 0.3 is 0 Å². The molecule has 1 aliphatic heterocycles. The fourth-order valence-electron chi connectivity index (χ4n) is 3.09. The van der Waals surface area contributed by atoms with Gasteiger partial charge in [0, 0.05) is 18.8 Å². The number of carbonyl (C=O) groups is 1. The second-order valence-electron chi connectivity index (χ2n) is 7.10. The molecule has 0 radical (unpaired) electrons. The van der Waals surface area contributed by atoms with E-state index in [4.69, 9.17) is 11.6 Å². The van der Waals surface area contributed by atoms with Crippen LogP contribution >= 0.6 is 11.6 Å². The van der Waals surface area contributed by atoms with Crippen molar-refractivity contribution in [2.75, 3.05) is 17.8 Å². The molecule has 0 spiro atoms. The number of hydrogen-bond acceptors (Lipinski definition) is 7. The van der Waals surface area contributed by atoms with Gasteiger partial charge in [0.2, 0.25) is 15.0 Å². The van der Waals surface area contributed by atoms with Crippen molar-refractivity contribution in [2.45, 2.75) is 31.1 Å². The first-order valence-electron chi connectivity index (χ1n) is 8.76. The Bertz CT molecular complexity index is 1150. The van der Waals surface area contributed by atoms with E-state index in [2.05, 4.69) is 9.97 Å². The van der Waals surface area contributed by atoms with Crippen molar-refractivity contribution in [1.29, 1.82) is 0 Å². The summed E-state index contributed by atoms with van der Waals surface area (Å²) in [6.07, 6.45) is 2.29. The molecule has 2 aromatic rings. The molecule has 11 heteroatoms. The number of hydrogen-bond donors (Lipinski definition) is 0. The average Bonchev–Trinajstić information content (AvgIpc) is 2.99. The molecule has 1 fully saturated rings. The van der Waals surface area contributed by atoms with Crippen LogP contribution in [0.5, 0.6) is 0 Å². The van der Waals surface area contributed by atoms with Gasteiger partial charge in [-0.1, -0.05) is 41.4 Å². The number of aromatic nitrogens is 2. The van der Waals surface area contributed by atoms with E-state index in [1.54, 1.807) is 0 Å². The van der Waals surface area contributed by atoms with Gasteiger partial charge in [-0.25, -0.2) is 26.8 Å². The van der Waals surface area contributed by atoms with Crippen LogP contribution in [0.15, 0.2) is 35.6 Å². The maximum absolute atomic E-state index is 13.3. The summed E-state index contributed by atoms with van der Waals surface area (Å²) >= 11 is 6.09. The summed E-state index contributed by atoms with van der Waals surface area (Å²) in [6.45, 7) is 2.08. The highest BCUT2D eigenvalue weighted by Gasteiger charge is 2.36. The minimum atomic E-state index is -3.75. The van der Waals surface area contributed by atoms with E-state index in [9.17, 15) is 21.6 Å². The monoisotopic (exact) mass is 457 g/mol. The molecule has 1 amide bonds. The third kappa shape index (κ3) is 5.12. The first-order valence-corrected chi connectivity index (χ1v) is 12.8. The molecule has 1 aromatic heterocycles. The molecule has 1 saturated heterocycles. The third-order valence-corrected chi connectivity index (χ3v) is 7.53. The summed E-state index contributed by atoms with van der Waals surface area (Å²) in [4.78, 5) is 22.2. The minimum Gasteiger partial charge on any atom is -0.329 e. The Labute approximate surface area is 174 Å². The maximum Gasteiger partial charge on any atom is 0.274 e. The van der Waals surface area contributed by atoms with Gasteiger partial charge in [-0.3, -0.25) is 4.79 Å². The lowest BCUT2D eigenvalue weighted by molar-refractivity contribution is 0.0674. The number of amides is 1. The molecule has 1 atom stereocenters. The zero-order valence-corrected chi connectivity index (χ0v) is 18.3. The summed E-state index contributed by atoms with van der Waals surface area (Å²) in [5, 5.41) is -0.614. The van der Waals surface area contributed by atoms with Gasteiger partial charge in [0.1, 0.15) is 0 Å². The summed E-state index contributed by atoms with van der Waals surface area (Å²) in [7, 11) is -7.00. The Hall–Kier alpha value is -2.04. The number of carbonyl (C=O) groups excluding carboxylic acids is 1. The second kappa shape index (κ2) is 8.00. The van der Waals surface area contributed by atoms with Crippen LogP contribution in [0.3, 0.4) is 0 Å². The van der Waals surface area contributed by atoms with Crippen molar-refractivity contribution in [3.8, 4) is 0 Å². The third-order valence-electron chi connectivity index (χ3n) is 4.64. The second-order valence-corrected chi connectivity index (χ2v) is 11.6. The maximum atomic E-state index is 13.3. The van der Waals surface area contributed by atoms with Gasteiger partial charge in [0.05, 0.1) is 22.7 Å². The van der Waals surface area contributed by atoms with Crippen LogP contribution in [-0.2, 0) is 26.2 Å². The molecule has 0 bridgehead atoms. The largest absolute Gasteiger partial charge is 0.329 e. The molecule has 0 saturated carbocycles. The van der Waals surface area contributed by atoms with Gasteiger partial charge < -0.3 is 4.90 Å². The van der Waals surface area contributed by atoms with Crippen molar-refractivity contribution in [3.63, 3.8) is 0 Å². The molecule has 156 valence electrons. The minimum absolute atomic E-state index is 0.0125. The molecular formula is C18H20ClN3O5S2. The normalized spacial score (nSPS) is 18.5. The Morgan fingerprint density at radius 3 is 2.48 bits per heavy atom. The Kier molecular flexibility index (Phi) is 5.98. The number of aryl methyl sites for hydroxylation is 1. The van der Waals surface area contributed by atoms with E-state index in [0.717, 1.165) is 23.6 Å². The van der Waals surface area contributed by atoms with Crippen molar-refractivity contribution >= 4 is 37.2 Å².